The first-order valence-corrected chi connectivity index (χ1v) is 4.38. The predicted octanol–water partition coefficient (Wildman–Crippen LogP) is 3.09. The van der Waals surface area contributed by atoms with Gasteiger partial charge in [0.1, 0.15) is 11.8 Å². The van der Waals surface area contributed by atoms with Crippen molar-refractivity contribution in [1.82, 2.24) is 0 Å². The van der Waals surface area contributed by atoms with E-state index in [9.17, 15) is 4.79 Å². The minimum absolute atomic E-state index is 0.144. The SMILES string of the molecule is Cc1cc(Cl)c2occ(C(=O)O)c2c1. The van der Waals surface area contributed by atoms with E-state index in [1.54, 1.807) is 12.1 Å². The molecule has 0 saturated heterocycles. The van der Waals surface area contributed by atoms with E-state index < -0.39 is 5.97 Å². The van der Waals surface area contributed by atoms with E-state index in [4.69, 9.17) is 21.1 Å². The summed E-state index contributed by atoms with van der Waals surface area (Å²) < 4.78 is 5.08. The maximum absolute atomic E-state index is 10.8. The number of aromatic carboxylic acids is 1. The Kier molecular flexibility index (Phi) is 1.97. The van der Waals surface area contributed by atoms with Gasteiger partial charge in [-0.15, -0.1) is 0 Å². The molecule has 3 nitrogen and oxygen atoms in total. The minimum Gasteiger partial charge on any atom is -0.478 e. The molecule has 1 aromatic carbocycles. The van der Waals surface area contributed by atoms with Crippen molar-refractivity contribution in [2.45, 2.75) is 6.92 Å². The standard InChI is InChI=1S/C10H7ClO3/c1-5-2-6-7(10(12)13)4-14-9(6)8(11)3-5/h2-4H,1H3,(H,12,13). The Balaban J connectivity index is 2.85. The number of aryl methyl sites for hydroxylation is 1. The van der Waals surface area contributed by atoms with Crippen molar-refractivity contribution < 1.29 is 14.3 Å². The smallest absolute Gasteiger partial charge is 0.339 e. The van der Waals surface area contributed by atoms with Gasteiger partial charge in [-0.3, -0.25) is 0 Å². The molecule has 72 valence electrons. The number of furan rings is 1. The molecule has 2 rings (SSSR count). The van der Waals surface area contributed by atoms with Crippen molar-refractivity contribution in [2.75, 3.05) is 0 Å². The number of carboxylic acid groups (broad SMARTS) is 1. The highest BCUT2D eigenvalue weighted by Gasteiger charge is 2.14. The molecule has 0 atom stereocenters. The van der Waals surface area contributed by atoms with E-state index >= 15 is 0 Å². The molecule has 1 N–H and O–H groups in total. The van der Waals surface area contributed by atoms with E-state index in [-0.39, 0.29) is 5.56 Å². The molecule has 0 fully saturated rings. The van der Waals surface area contributed by atoms with E-state index in [0.29, 0.717) is 16.0 Å². The molecule has 2 aromatic rings. The number of halogens is 1. The summed E-state index contributed by atoms with van der Waals surface area (Å²) in [7, 11) is 0. The Bertz CT molecular complexity index is 513. The number of benzene rings is 1. The van der Waals surface area contributed by atoms with Gasteiger partial charge in [0.2, 0.25) is 0 Å². The van der Waals surface area contributed by atoms with Crippen molar-refractivity contribution in [3.05, 3.63) is 34.5 Å². The zero-order chi connectivity index (χ0) is 10.3. The first kappa shape index (κ1) is 9.09. The summed E-state index contributed by atoms with van der Waals surface area (Å²) in [5.74, 6) is -1.01. The fourth-order valence-corrected chi connectivity index (χ4v) is 1.71. The van der Waals surface area contributed by atoms with Crippen LogP contribution in [-0.2, 0) is 0 Å². The number of rotatable bonds is 1. The first-order chi connectivity index (χ1) is 6.59. The van der Waals surface area contributed by atoms with Crippen molar-refractivity contribution >= 4 is 28.5 Å². The number of hydrogen-bond donors (Lipinski definition) is 1. The summed E-state index contributed by atoms with van der Waals surface area (Å²) in [5, 5.41) is 9.83. The highest BCUT2D eigenvalue weighted by Crippen LogP contribution is 2.29. The van der Waals surface area contributed by atoms with E-state index in [1.165, 1.54) is 6.26 Å². The summed E-state index contributed by atoms with van der Waals surface area (Å²) in [4.78, 5) is 10.8. The van der Waals surface area contributed by atoms with Gasteiger partial charge in [-0.05, 0) is 24.6 Å². The lowest BCUT2D eigenvalue weighted by Crippen LogP contribution is -1.93. The Morgan fingerprint density at radius 3 is 2.86 bits per heavy atom. The summed E-state index contributed by atoms with van der Waals surface area (Å²) >= 11 is 5.89. The van der Waals surface area contributed by atoms with Crippen LogP contribution in [0, 0.1) is 6.92 Å². The van der Waals surface area contributed by atoms with Crippen LogP contribution < -0.4 is 0 Å². The molecule has 0 aliphatic rings. The van der Waals surface area contributed by atoms with Gasteiger partial charge in [0.15, 0.2) is 5.58 Å². The third kappa shape index (κ3) is 1.26. The van der Waals surface area contributed by atoms with Gasteiger partial charge >= 0.3 is 5.97 Å². The van der Waals surface area contributed by atoms with Crippen molar-refractivity contribution in [3.8, 4) is 0 Å². The molecule has 4 heteroatoms. The number of hydrogen-bond acceptors (Lipinski definition) is 2. The van der Waals surface area contributed by atoms with Crippen LogP contribution in [0.3, 0.4) is 0 Å². The summed E-state index contributed by atoms with van der Waals surface area (Å²) in [6.45, 7) is 1.85. The lowest BCUT2D eigenvalue weighted by Gasteiger charge is -1.96. The maximum Gasteiger partial charge on any atom is 0.339 e. The average Bonchev–Trinajstić information content (AvgIpc) is 2.47. The molecule has 1 heterocycles. The molecule has 14 heavy (non-hydrogen) atoms. The average molecular weight is 211 g/mol. The molecule has 0 bridgehead atoms. The second-order valence-corrected chi connectivity index (χ2v) is 3.49. The second-order valence-electron chi connectivity index (χ2n) is 3.08. The Hall–Kier alpha value is -1.48. The van der Waals surface area contributed by atoms with E-state index in [0.717, 1.165) is 5.56 Å². The van der Waals surface area contributed by atoms with E-state index in [1.807, 2.05) is 6.92 Å². The van der Waals surface area contributed by atoms with Crippen LogP contribution in [0.1, 0.15) is 15.9 Å². The van der Waals surface area contributed by atoms with E-state index in [2.05, 4.69) is 0 Å². The molecule has 0 spiro atoms. The predicted molar refractivity (Wildman–Crippen MR) is 52.9 cm³/mol. The van der Waals surface area contributed by atoms with Gasteiger partial charge in [0, 0.05) is 5.39 Å². The van der Waals surface area contributed by atoms with Gasteiger partial charge < -0.3 is 9.52 Å². The van der Waals surface area contributed by atoms with Crippen LogP contribution in [0.15, 0.2) is 22.8 Å². The van der Waals surface area contributed by atoms with Gasteiger partial charge in [-0.2, -0.15) is 0 Å². The molecule has 0 unspecified atom stereocenters. The van der Waals surface area contributed by atoms with Crippen LogP contribution in [0.2, 0.25) is 5.02 Å². The quantitative estimate of drug-likeness (QED) is 0.787. The molecule has 0 saturated carbocycles. The van der Waals surface area contributed by atoms with Gasteiger partial charge in [0.05, 0.1) is 5.02 Å². The molecule has 0 aliphatic heterocycles. The minimum atomic E-state index is -1.01. The Morgan fingerprint density at radius 1 is 1.50 bits per heavy atom. The zero-order valence-electron chi connectivity index (χ0n) is 7.37. The van der Waals surface area contributed by atoms with Crippen LogP contribution in [0.5, 0.6) is 0 Å². The largest absolute Gasteiger partial charge is 0.478 e. The van der Waals surface area contributed by atoms with Crippen LogP contribution in [0.25, 0.3) is 11.0 Å². The molecule has 1 aromatic heterocycles. The molecule has 0 aliphatic carbocycles. The molecular formula is C10H7ClO3. The molecule has 0 radical (unpaired) electrons. The third-order valence-electron chi connectivity index (χ3n) is 2.00. The van der Waals surface area contributed by atoms with Crippen molar-refractivity contribution in [1.29, 1.82) is 0 Å². The lowest BCUT2D eigenvalue weighted by atomic mass is 10.1. The van der Waals surface area contributed by atoms with Crippen LogP contribution in [-0.4, -0.2) is 11.1 Å². The monoisotopic (exact) mass is 210 g/mol. The lowest BCUT2D eigenvalue weighted by molar-refractivity contribution is 0.0698. The third-order valence-corrected chi connectivity index (χ3v) is 2.28. The number of carboxylic acids is 1. The summed E-state index contributed by atoms with van der Waals surface area (Å²) in [6.07, 6.45) is 1.21. The number of fused-ring (bicyclic) bond motifs is 1. The zero-order valence-corrected chi connectivity index (χ0v) is 8.13. The Labute approximate surface area is 84.9 Å². The second kappa shape index (κ2) is 3.03. The molecular weight excluding hydrogens is 204 g/mol. The topological polar surface area (TPSA) is 50.4 Å². The first-order valence-electron chi connectivity index (χ1n) is 4.00. The highest BCUT2D eigenvalue weighted by molar-refractivity contribution is 6.35. The van der Waals surface area contributed by atoms with Crippen molar-refractivity contribution in [2.24, 2.45) is 0 Å². The number of carbonyl (C=O) groups is 1. The van der Waals surface area contributed by atoms with Gasteiger partial charge in [-0.1, -0.05) is 11.6 Å². The Morgan fingerprint density at radius 2 is 2.21 bits per heavy atom. The fraction of sp³-hybridized carbons (Fsp3) is 0.100. The molecule has 0 amide bonds. The highest BCUT2D eigenvalue weighted by atomic mass is 35.5. The maximum atomic E-state index is 10.8. The van der Waals surface area contributed by atoms with Crippen LogP contribution >= 0.6 is 11.6 Å². The fourth-order valence-electron chi connectivity index (χ4n) is 1.40. The van der Waals surface area contributed by atoms with Gasteiger partial charge in [0.25, 0.3) is 0 Å². The summed E-state index contributed by atoms with van der Waals surface area (Å²) in [6, 6.07) is 3.48. The summed E-state index contributed by atoms with van der Waals surface area (Å²) in [5.41, 5.74) is 1.48. The van der Waals surface area contributed by atoms with Crippen LogP contribution in [0.4, 0.5) is 0 Å². The van der Waals surface area contributed by atoms with Gasteiger partial charge in [-0.25, -0.2) is 4.79 Å². The van der Waals surface area contributed by atoms with Crippen molar-refractivity contribution in [3.63, 3.8) is 0 Å². The normalized spacial score (nSPS) is 10.7.